The van der Waals surface area contributed by atoms with Crippen LogP contribution >= 0.6 is 0 Å². The molecular formula is C24H27N3O4. The summed E-state index contributed by atoms with van der Waals surface area (Å²) in [6.07, 6.45) is 0.957. The molecule has 2 aromatic carbocycles. The Labute approximate surface area is 181 Å². The van der Waals surface area contributed by atoms with Crippen LogP contribution in [0.1, 0.15) is 42.6 Å². The van der Waals surface area contributed by atoms with E-state index in [1.54, 1.807) is 24.3 Å². The zero-order valence-electron chi connectivity index (χ0n) is 17.8. The number of cyclic esters (lactones) is 1. The molecule has 1 saturated carbocycles. The molecule has 0 radical (unpaired) electrons. The predicted molar refractivity (Wildman–Crippen MR) is 116 cm³/mol. The number of ether oxygens (including phenoxy) is 1. The van der Waals surface area contributed by atoms with Gasteiger partial charge in [0.05, 0.1) is 6.54 Å². The second-order valence-corrected chi connectivity index (χ2v) is 8.36. The van der Waals surface area contributed by atoms with Gasteiger partial charge in [-0.25, -0.2) is 4.79 Å². The predicted octanol–water partition coefficient (Wildman–Crippen LogP) is 3.54. The molecule has 162 valence electrons. The van der Waals surface area contributed by atoms with E-state index in [-0.39, 0.29) is 18.4 Å². The van der Waals surface area contributed by atoms with Crippen molar-refractivity contribution in [1.82, 2.24) is 10.2 Å². The van der Waals surface area contributed by atoms with E-state index >= 15 is 0 Å². The van der Waals surface area contributed by atoms with Crippen molar-refractivity contribution in [3.8, 4) is 0 Å². The average molecular weight is 421 g/mol. The molecule has 0 bridgehead atoms. The largest absolute Gasteiger partial charge is 0.438 e. The number of hydrogen-bond donors (Lipinski definition) is 2. The molecule has 7 heteroatoms. The van der Waals surface area contributed by atoms with E-state index in [2.05, 4.69) is 10.6 Å². The average Bonchev–Trinajstić information content (AvgIpc) is 3.51. The Morgan fingerprint density at radius 2 is 1.87 bits per heavy atom. The number of nitrogens with zero attached hydrogens (tertiary/aromatic N) is 1. The van der Waals surface area contributed by atoms with Gasteiger partial charge in [-0.05, 0) is 48.9 Å². The molecule has 2 N–H and O–H groups in total. The lowest BCUT2D eigenvalue weighted by atomic mass is 10.00. The topological polar surface area (TPSA) is 87.7 Å². The molecule has 1 aliphatic carbocycles. The molecule has 0 spiro atoms. The molecule has 1 aliphatic heterocycles. The summed E-state index contributed by atoms with van der Waals surface area (Å²) in [5.74, 6) is 0.106. The van der Waals surface area contributed by atoms with E-state index in [9.17, 15) is 14.4 Å². The molecule has 3 amide bonds. The summed E-state index contributed by atoms with van der Waals surface area (Å²) in [6.45, 7) is 4.32. The number of aryl methyl sites for hydroxylation is 1. The molecule has 2 unspecified atom stereocenters. The first-order chi connectivity index (χ1) is 14.9. The fraction of sp³-hybridized carbons (Fsp3) is 0.375. The van der Waals surface area contributed by atoms with Crippen LogP contribution in [0.5, 0.6) is 0 Å². The number of carbonyl (C=O) groups is 3. The van der Waals surface area contributed by atoms with Crippen molar-refractivity contribution in [3.05, 3.63) is 65.2 Å². The van der Waals surface area contributed by atoms with Gasteiger partial charge < -0.3 is 15.4 Å². The fourth-order valence-electron chi connectivity index (χ4n) is 3.77. The van der Waals surface area contributed by atoms with Gasteiger partial charge in [0, 0.05) is 19.2 Å². The minimum absolute atomic E-state index is 0.194. The summed E-state index contributed by atoms with van der Waals surface area (Å²) in [6, 6.07) is 14.2. The first kappa shape index (κ1) is 20.9. The van der Waals surface area contributed by atoms with E-state index in [0.29, 0.717) is 23.7 Å². The van der Waals surface area contributed by atoms with E-state index in [0.717, 1.165) is 24.0 Å². The van der Waals surface area contributed by atoms with E-state index in [1.165, 1.54) is 11.8 Å². The van der Waals surface area contributed by atoms with Crippen molar-refractivity contribution in [2.45, 2.75) is 45.4 Å². The summed E-state index contributed by atoms with van der Waals surface area (Å²) in [5.41, 5.74) is 3.31. The van der Waals surface area contributed by atoms with Gasteiger partial charge in [-0.15, -0.1) is 0 Å². The van der Waals surface area contributed by atoms with E-state index in [4.69, 9.17) is 4.74 Å². The molecule has 2 aromatic rings. The molecular weight excluding hydrogens is 394 g/mol. The van der Waals surface area contributed by atoms with Crippen LogP contribution in [0.3, 0.4) is 0 Å². The standard InChI is InChI=1S/C24H27N3O4/c1-15-6-8-18(9-7-15)14-27-21(23(29)25-13-17-10-11-17)22(31-24(27)30)19-4-3-5-20(12-19)26-16(2)28/h3-9,12,17,21-22H,10-11,13-14H2,1-2H3,(H,25,29)(H,26,28). The third kappa shape index (κ3) is 5.05. The summed E-state index contributed by atoms with van der Waals surface area (Å²) in [4.78, 5) is 38.9. The normalized spacial score (nSPS) is 20.3. The highest BCUT2D eigenvalue weighted by molar-refractivity contribution is 5.90. The van der Waals surface area contributed by atoms with E-state index in [1.807, 2.05) is 31.2 Å². The third-order valence-corrected chi connectivity index (χ3v) is 5.62. The zero-order valence-corrected chi connectivity index (χ0v) is 17.8. The van der Waals surface area contributed by atoms with Crippen LogP contribution in [-0.4, -0.2) is 35.4 Å². The third-order valence-electron chi connectivity index (χ3n) is 5.62. The number of hydrogen-bond acceptors (Lipinski definition) is 4. The summed E-state index contributed by atoms with van der Waals surface area (Å²) >= 11 is 0. The highest BCUT2D eigenvalue weighted by Gasteiger charge is 2.47. The zero-order chi connectivity index (χ0) is 22.0. The molecule has 4 rings (SSSR count). The molecule has 2 aliphatic rings. The SMILES string of the molecule is CC(=O)Nc1cccc(C2OC(=O)N(Cc3ccc(C)cc3)C2C(=O)NCC2CC2)c1. The van der Waals surface area contributed by atoms with Gasteiger partial charge in [0.2, 0.25) is 11.8 Å². The Kier molecular flexibility index (Phi) is 5.93. The lowest BCUT2D eigenvalue weighted by Crippen LogP contribution is -2.46. The molecule has 1 heterocycles. The number of carbonyl (C=O) groups excluding carboxylic acids is 3. The minimum atomic E-state index is -0.792. The second kappa shape index (κ2) is 8.79. The van der Waals surface area contributed by atoms with Crippen LogP contribution in [0.15, 0.2) is 48.5 Å². The maximum Gasteiger partial charge on any atom is 0.411 e. The molecule has 2 fully saturated rings. The number of anilines is 1. The Hall–Kier alpha value is -3.35. The Morgan fingerprint density at radius 3 is 2.55 bits per heavy atom. The van der Waals surface area contributed by atoms with Crippen LogP contribution < -0.4 is 10.6 Å². The summed E-state index contributed by atoms with van der Waals surface area (Å²) < 4.78 is 5.69. The lowest BCUT2D eigenvalue weighted by Gasteiger charge is -2.24. The molecule has 0 aromatic heterocycles. The number of amides is 3. The van der Waals surface area contributed by atoms with Gasteiger partial charge >= 0.3 is 6.09 Å². The van der Waals surface area contributed by atoms with Gasteiger partial charge in [0.1, 0.15) is 0 Å². The lowest BCUT2D eigenvalue weighted by molar-refractivity contribution is -0.126. The maximum atomic E-state index is 13.2. The van der Waals surface area contributed by atoms with Crippen LogP contribution in [0.2, 0.25) is 0 Å². The number of nitrogens with one attached hydrogen (secondary N) is 2. The van der Waals surface area contributed by atoms with Crippen LogP contribution in [0.25, 0.3) is 0 Å². The number of benzene rings is 2. The quantitative estimate of drug-likeness (QED) is 0.716. The summed E-state index contributed by atoms with van der Waals surface area (Å²) in [7, 11) is 0. The minimum Gasteiger partial charge on any atom is -0.438 e. The fourth-order valence-corrected chi connectivity index (χ4v) is 3.77. The second-order valence-electron chi connectivity index (χ2n) is 8.36. The maximum absolute atomic E-state index is 13.2. The van der Waals surface area contributed by atoms with Crippen LogP contribution in [0, 0.1) is 12.8 Å². The Balaban J connectivity index is 1.61. The van der Waals surface area contributed by atoms with Crippen LogP contribution in [-0.2, 0) is 20.9 Å². The molecule has 31 heavy (non-hydrogen) atoms. The van der Waals surface area contributed by atoms with Crippen molar-refractivity contribution in [3.63, 3.8) is 0 Å². The first-order valence-electron chi connectivity index (χ1n) is 10.6. The van der Waals surface area contributed by atoms with Gasteiger partial charge in [-0.3, -0.25) is 14.5 Å². The number of rotatable bonds is 7. The first-order valence-corrected chi connectivity index (χ1v) is 10.6. The van der Waals surface area contributed by atoms with Gasteiger partial charge in [-0.2, -0.15) is 0 Å². The highest BCUT2D eigenvalue weighted by atomic mass is 16.6. The Bertz CT molecular complexity index is 985. The molecule has 2 atom stereocenters. The molecule has 7 nitrogen and oxygen atoms in total. The van der Waals surface area contributed by atoms with Gasteiger partial charge in [-0.1, -0.05) is 42.0 Å². The van der Waals surface area contributed by atoms with E-state index < -0.39 is 18.2 Å². The summed E-state index contributed by atoms with van der Waals surface area (Å²) in [5, 5.41) is 5.73. The Morgan fingerprint density at radius 1 is 1.13 bits per heavy atom. The van der Waals surface area contributed by atoms with Crippen molar-refractivity contribution >= 4 is 23.6 Å². The van der Waals surface area contributed by atoms with Gasteiger partial charge in [0.15, 0.2) is 12.1 Å². The van der Waals surface area contributed by atoms with Crippen molar-refractivity contribution < 1.29 is 19.1 Å². The van der Waals surface area contributed by atoms with Gasteiger partial charge in [0.25, 0.3) is 0 Å². The van der Waals surface area contributed by atoms with Crippen molar-refractivity contribution in [2.75, 3.05) is 11.9 Å². The monoisotopic (exact) mass is 421 g/mol. The van der Waals surface area contributed by atoms with Crippen LogP contribution in [0.4, 0.5) is 10.5 Å². The highest BCUT2D eigenvalue weighted by Crippen LogP contribution is 2.35. The van der Waals surface area contributed by atoms with Crippen molar-refractivity contribution in [2.24, 2.45) is 5.92 Å². The smallest absolute Gasteiger partial charge is 0.411 e. The molecule has 1 saturated heterocycles. The van der Waals surface area contributed by atoms with Crippen molar-refractivity contribution in [1.29, 1.82) is 0 Å².